The molecule has 0 bridgehead atoms. The Morgan fingerprint density at radius 3 is 2.75 bits per heavy atom. The van der Waals surface area contributed by atoms with Crippen molar-refractivity contribution in [2.75, 3.05) is 0 Å². The number of thiazole rings is 1. The van der Waals surface area contributed by atoms with Crippen LogP contribution < -0.4 is 0 Å². The number of H-pyrrole nitrogens is 1. The molecular formula is C19H12N2O2S. The van der Waals surface area contributed by atoms with Crippen molar-refractivity contribution >= 4 is 28.2 Å². The number of hydrogen-bond donors (Lipinski definition) is 1. The first-order valence-electron chi connectivity index (χ1n) is 7.60. The molecule has 0 saturated carbocycles. The highest BCUT2D eigenvalue weighted by Crippen LogP contribution is 2.47. The zero-order chi connectivity index (χ0) is 16.1. The van der Waals surface area contributed by atoms with Crippen LogP contribution in [-0.2, 0) is 10.3 Å². The molecule has 4 aromatic rings. The van der Waals surface area contributed by atoms with Crippen LogP contribution in [0.3, 0.4) is 0 Å². The van der Waals surface area contributed by atoms with Crippen molar-refractivity contribution in [3.63, 3.8) is 0 Å². The molecule has 1 atom stereocenters. The number of ether oxygens (including phenoxy) is 1. The lowest BCUT2D eigenvalue weighted by molar-refractivity contribution is 0.0240. The molecule has 1 aliphatic rings. The molecule has 24 heavy (non-hydrogen) atoms. The monoisotopic (exact) mass is 332 g/mol. The molecule has 0 spiro atoms. The normalized spacial score (nSPS) is 19.4. The highest BCUT2D eigenvalue weighted by atomic mass is 32.1. The molecule has 1 unspecified atom stereocenters. The number of rotatable bonds is 2. The third kappa shape index (κ3) is 1.67. The molecule has 5 rings (SSSR count). The lowest BCUT2D eigenvalue weighted by Crippen LogP contribution is -2.29. The van der Waals surface area contributed by atoms with Gasteiger partial charge in [-0.15, -0.1) is 11.3 Å². The van der Waals surface area contributed by atoms with Gasteiger partial charge in [0.1, 0.15) is 5.01 Å². The highest BCUT2D eigenvalue weighted by molar-refractivity contribution is 7.09. The Morgan fingerprint density at radius 2 is 1.92 bits per heavy atom. The number of fused-ring (bicyclic) bond motifs is 2. The summed E-state index contributed by atoms with van der Waals surface area (Å²) in [5.41, 5.74) is 2.23. The number of hydrogen-bond acceptors (Lipinski definition) is 4. The Hall–Kier alpha value is -2.92. The van der Waals surface area contributed by atoms with Gasteiger partial charge < -0.3 is 9.72 Å². The SMILES string of the molecule is O=C1OC(c2cc3ccccc3[nH]2)(c2nccs2)c2ccccc21. The third-order valence-corrected chi connectivity index (χ3v) is 5.29. The fourth-order valence-electron chi connectivity index (χ4n) is 3.35. The molecule has 0 fully saturated rings. The first-order valence-corrected chi connectivity index (χ1v) is 8.48. The summed E-state index contributed by atoms with van der Waals surface area (Å²) in [6.07, 6.45) is 1.74. The number of carbonyl (C=O) groups is 1. The summed E-state index contributed by atoms with van der Waals surface area (Å²) in [5, 5.41) is 3.71. The van der Waals surface area contributed by atoms with Gasteiger partial charge in [-0.2, -0.15) is 0 Å². The van der Waals surface area contributed by atoms with Crippen LogP contribution in [0, 0.1) is 0 Å². The second-order valence-electron chi connectivity index (χ2n) is 5.72. The number of benzene rings is 2. The van der Waals surface area contributed by atoms with Crippen molar-refractivity contribution in [2.45, 2.75) is 5.60 Å². The number of nitrogens with zero attached hydrogens (tertiary/aromatic N) is 1. The summed E-state index contributed by atoms with van der Waals surface area (Å²) >= 11 is 1.48. The van der Waals surface area contributed by atoms with Gasteiger partial charge in [0.15, 0.2) is 0 Å². The van der Waals surface area contributed by atoms with Gasteiger partial charge in [-0.1, -0.05) is 36.4 Å². The predicted octanol–water partition coefficient (Wildman–Crippen LogP) is 4.09. The van der Waals surface area contributed by atoms with Gasteiger partial charge in [-0.3, -0.25) is 0 Å². The second-order valence-corrected chi connectivity index (χ2v) is 6.62. The van der Waals surface area contributed by atoms with Crippen LogP contribution in [-0.4, -0.2) is 15.9 Å². The van der Waals surface area contributed by atoms with E-state index < -0.39 is 5.60 Å². The molecule has 0 radical (unpaired) electrons. The van der Waals surface area contributed by atoms with E-state index in [9.17, 15) is 4.79 Å². The average Bonchev–Trinajstić information content (AvgIpc) is 3.33. The summed E-state index contributed by atoms with van der Waals surface area (Å²) in [7, 11) is 0. The summed E-state index contributed by atoms with van der Waals surface area (Å²) < 4.78 is 5.96. The number of para-hydroxylation sites is 1. The van der Waals surface area contributed by atoms with E-state index in [-0.39, 0.29) is 5.97 Å². The van der Waals surface area contributed by atoms with Crippen LogP contribution in [0.25, 0.3) is 10.9 Å². The minimum atomic E-state index is -1.01. The van der Waals surface area contributed by atoms with Gasteiger partial charge in [0.05, 0.1) is 11.3 Å². The maximum absolute atomic E-state index is 12.5. The van der Waals surface area contributed by atoms with Crippen molar-refractivity contribution in [1.82, 2.24) is 9.97 Å². The second kappa shape index (κ2) is 4.79. The maximum atomic E-state index is 12.5. The van der Waals surface area contributed by atoms with E-state index in [1.807, 2.05) is 53.9 Å². The smallest absolute Gasteiger partial charge is 0.340 e. The summed E-state index contributed by atoms with van der Waals surface area (Å²) in [6, 6.07) is 17.6. The number of nitrogens with one attached hydrogen (secondary N) is 1. The van der Waals surface area contributed by atoms with Gasteiger partial charge in [0.2, 0.25) is 5.60 Å². The Kier molecular flexibility index (Phi) is 2.69. The molecule has 3 heterocycles. The Morgan fingerprint density at radius 1 is 1.08 bits per heavy atom. The lowest BCUT2D eigenvalue weighted by Gasteiger charge is -2.25. The first kappa shape index (κ1) is 13.5. The van der Waals surface area contributed by atoms with E-state index in [0.717, 1.165) is 27.2 Å². The maximum Gasteiger partial charge on any atom is 0.340 e. The summed E-state index contributed by atoms with van der Waals surface area (Å²) in [4.78, 5) is 20.4. The van der Waals surface area contributed by atoms with Crippen LogP contribution in [0.2, 0.25) is 0 Å². The molecule has 5 heteroatoms. The minimum absolute atomic E-state index is 0.320. The number of aromatic amines is 1. The van der Waals surface area contributed by atoms with Crippen molar-refractivity contribution in [2.24, 2.45) is 0 Å². The molecule has 2 aromatic heterocycles. The van der Waals surface area contributed by atoms with Crippen molar-refractivity contribution in [1.29, 1.82) is 0 Å². The number of carbonyl (C=O) groups excluding carboxylic acids is 1. The van der Waals surface area contributed by atoms with Crippen LogP contribution in [0.5, 0.6) is 0 Å². The van der Waals surface area contributed by atoms with Crippen LogP contribution in [0.1, 0.15) is 26.6 Å². The van der Waals surface area contributed by atoms with Crippen molar-refractivity contribution < 1.29 is 9.53 Å². The lowest BCUT2D eigenvalue weighted by atomic mass is 9.89. The van der Waals surface area contributed by atoms with Crippen LogP contribution in [0.15, 0.2) is 66.2 Å². The number of esters is 1. The van der Waals surface area contributed by atoms with Gasteiger partial charge in [-0.05, 0) is 23.6 Å². The van der Waals surface area contributed by atoms with Crippen LogP contribution >= 0.6 is 11.3 Å². The van der Waals surface area contributed by atoms with E-state index in [1.165, 1.54) is 11.3 Å². The number of aromatic nitrogens is 2. The van der Waals surface area contributed by atoms with Gasteiger partial charge in [-0.25, -0.2) is 9.78 Å². The van der Waals surface area contributed by atoms with E-state index in [2.05, 4.69) is 9.97 Å². The van der Waals surface area contributed by atoms with Gasteiger partial charge in [0, 0.05) is 22.7 Å². The van der Waals surface area contributed by atoms with Crippen LogP contribution in [0.4, 0.5) is 0 Å². The fourth-order valence-corrected chi connectivity index (χ4v) is 4.15. The largest absolute Gasteiger partial charge is 0.436 e. The molecule has 1 aliphatic heterocycles. The molecule has 116 valence electrons. The molecule has 1 N–H and O–H groups in total. The molecule has 0 amide bonds. The quantitative estimate of drug-likeness (QED) is 0.563. The fraction of sp³-hybridized carbons (Fsp3) is 0.0526. The standard InChI is InChI=1S/C19H12N2O2S/c22-17-13-6-2-3-7-14(13)19(23-17,18-20-9-10-24-18)16-11-12-5-1-4-8-15(12)21-16/h1-11,21H. The highest BCUT2D eigenvalue weighted by Gasteiger charge is 2.51. The number of cyclic esters (lactones) is 1. The van der Waals surface area contributed by atoms with Gasteiger partial charge >= 0.3 is 5.97 Å². The molecule has 4 nitrogen and oxygen atoms in total. The van der Waals surface area contributed by atoms with E-state index >= 15 is 0 Å². The zero-order valence-electron chi connectivity index (χ0n) is 12.5. The minimum Gasteiger partial charge on any atom is -0.436 e. The Bertz CT molecular complexity index is 1030. The average molecular weight is 332 g/mol. The molecule has 0 aliphatic carbocycles. The topological polar surface area (TPSA) is 55.0 Å². The van der Waals surface area contributed by atoms with E-state index in [0.29, 0.717) is 5.56 Å². The van der Waals surface area contributed by atoms with E-state index in [1.54, 1.807) is 12.3 Å². The molecule has 2 aromatic carbocycles. The summed E-state index contributed by atoms with van der Waals surface area (Å²) in [6.45, 7) is 0. The predicted molar refractivity (Wildman–Crippen MR) is 92.2 cm³/mol. The van der Waals surface area contributed by atoms with E-state index in [4.69, 9.17) is 4.74 Å². The zero-order valence-corrected chi connectivity index (χ0v) is 13.3. The van der Waals surface area contributed by atoms with Crippen molar-refractivity contribution in [3.05, 3.63) is 88.0 Å². The molecule has 0 saturated heterocycles. The Labute approximate surface area is 141 Å². The van der Waals surface area contributed by atoms with Crippen molar-refractivity contribution in [3.8, 4) is 0 Å². The third-order valence-electron chi connectivity index (χ3n) is 4.41. The van der Waals surface area contributed by atoms with Gasteiger partial charge in [0.25, 0.3) is 0 Å². The Balaban J connectivity index is 1.86. The first-order chi connectivity index (χ1) is 11.8. The molecular weight excluding hydrogens is 320 g/mol. The summed E-state index contributed by atoms with van der Waals surface area (Å²) in [5.74, 6) is -0.320.